The minimum atomic E-state index is -4.50. The van der Waals surface area contributed by atoms with Crippen molar-refractivity contribution in [3.63, 3.8) is 0 Å². The lowest BCUT2D eigenvalue weighted by atomic mass is 9.76. The second kappa shape index (κ2) is 6.97. The molecule has 0 atom stereocenters. The van der Waals surface area contributed by atoms with Crippen molar-refractivity contribution in [2.45, 2.75) is 76.3 Å². The molecular weight excluding hydrogens is 375 g/mol. The Bertz CT molecular complexity index is 775. The van der Waals surface area contributed by atoms with Crippen molar-refractivity contribution < 1.29 is 32.2 Å². The second-order valence-corrected chi connectivity index (χ2v) is 8.51. The van der Waals surface area contributed by atoms with E-state index in [1.54, 1.807) is 20.8 Å². The molecule has 1 spiro atoms. The Balaban J connectivity index is 1.68. The van der Waals surface area contributed by atoms with E-state index in [4.69, 9.17) is 9.47 Å². The smallest absolute Gasteiger partial charge is 0.416 e. The maximum atomic E-state index is 13.0. The molecule has 1 aliphatic carbocycles. The number of fused-ring (bicyclic) bond motifs is 1. The van der Waals surface area contributed by atoms with Crippen LogP contribution in [0.4, 0.5) is 18.0 Å². The highest BCUT2D eigenvalue weighted by molar-refractivity contribution is 6.00. The third-order valence-electron chi connectivity index (χ3n) is 5.04. The molecule has 1 heterocycles. The topological polar surface area (TPSA) is 64.6 Å². The first kappa shape index (κ1) is 20.5. The van der Waals surface area contributed by atoms with Gasteiger partial charge in [0.05, 0.1) is 17.5 Å². The molecule has 2 aliphatic rings. The van der Waals surface area contributed by atoms with Crippen molar-refractivity contribution in [3.05, 3.63) is 29.3 Å². The van der Waals surface area contributed by atoms with Crippen LogP contribution in [0.1, 0.15) is 68.8 Å². The molecule has 154 valence electrons. The summed E-state index contributed by atoms with van der Waals surface area (Å²) in [5.74, 6) is -0.224. The molecule has 1 aromatic carbocycles. The van der Waals surface area contributed by atoms with Crippen molar-refractivity contribution in [2.75, 3.05) is 0 Å². The molecule has 3 rings (SSSR count). The van der Waals surface area contributed by atoms with Crippen LogP contribution < -0.4 is 10.1 Å². The number of Topliss-reactive ketones (excluding diaryl/α,β-unsaturated/α-hetero) is 1. The number of halogens is 3. The molecule has 0 bridgehead atoms. The van der Waals surface area contributed by atoms with E-state index in [1.807, 2.05) is 0 Å². The molecule has 0 radical (unpaired) electrons. The number of amides is 1. The number of carbonyl (C=O) groups excluding carboxylic acids is 2. The maximum Gasteiger partial charge on any atom is 0.416 e. The van der Waals surface area contributed by atoms with Crippen LogP contribution in [-0.2, 0) is 10.9 Å². The Morgan fingerprint density at radius 1 is 1.21 bits per heavy atom. The van der Waals surface area contributed by atoms with Crippen LogP contribution in [0.2, 0.25) is 0 Å². The zero-order chi connectivity index (χ0) is 20.7. The van der Waals surface area contributed by atoms with Crippen LogP contribution in [0, 0.1) is 0 Å². The van der Waals surface area contributed by atoms with Crippen LogP contribution in [0.5, 0.6) is 5.75 Å². The number of ketones is 1. The summed E-state index contributed by atoms with van der Waals surface area (Å²) in [6.45, 7) is 5.32. The molecule has 1 saturated carbocycles. The fraction of sp³-hybridized carbons (Fsp3) is 0.600. The lowest BCUT2D eigenvalue weighted by Gasteiger charge is -2.43. The third-order valence-corrected chi connectivity index (χ3v) is 5.04. The van der Waals surface area contributed by atoms with Gasteiger partial charge in [0.25, 0.3) is 0 Å². The second-order valence-electron chi connectivity index (χ2n) is 8.51. The summed E-state index contributed by atoms with van der Waals surface area (Å²) in [6, 6.07) is 2.86. The first-order valence-corrected chi connectivity index (χ1v) is 9.30. The van der Waals surface area contributed by atoms with Crippen LogP contribution in [0.25, 0.3) is 0 Å². The van der Waals surface area contributed by atoms with Gasteiger partial charge < -0.3 is 14.8 Å². The Hall–Kier alpha value is -2.25. The van der Waals surface area contributed by atoms with Gasteiger partial charge in [-0.25, -0.2) is 4.79 Å². The van der Waals surface area contributed by atoms with E-state index in [-0.39, 0.29) is 29.6 Å². The molecule has 1 N–H and O–H groups in total. The summed E-state index contributed by atoms with van der Waals surface area (Å²) in [5.41, 5.74) is -2.07. The predicted molar refractivity (Wildman–Crippen MR) is 95.4 cm³/mol. The summed E-state index contributed by atoms with van der Waals surface area (Å²) >= 11 is 0. The van der Waals surface area contributed by atoms with E-state index in [9.17, 15) is 22.8 Å². The van der Waals surface area contributed by atoms with Crippen LogP contribution in [-0.4, -0.2) is 29.1 Å². The molecule has 5 nitrogen and oxygen atoms in total. The summed E-state index contributed by atoms with van der Waals surface area (Å²) in [5, 5.41) is 2.81. The van der Waals surface area contributed by atoms with Crippen molar-refractivity contribution in [2.24, 2.45) is 0 Å². The summed E-state index contributed by atoms with van der Waals surface area (Å²) in [4.78, 5) is 24.4. The number of benzene rings is 1. The molecule has 0 saturated heterocycles. The largest absolute Gasteiger partial charge is 0.486 e. The zero-order valence-corrected chi connectivity index (χ0v) is 16.1. The number of rotatable bonds is 1. The van der Waals surface area contributed by atoms with Gasteiger partial charge in [-0.2, -0.15) is 13.2 Å². The number of carbonyl (C=O) groups is 2. The number of hydrogen-bond acceptors (Lipinski definition) is 4. The Morgan fingerprint density at radius 2 is 1.86 bits per heavy atom. The fourth-order valence-electron chi connectivity index (χ4n) is 3.71. The first-order valence-electron chi connectivity index (χ1n) is 9.30. The van der Waals surface area contributed by atoms with E-state index < -0.39 is 29.0 Å². The van der Waals surface area contributed by atoms with Gasteiger partial charge in [0.1, 0.15) is 17.0 Å². The average Bonchev–Trinajstić information content (AvgIpc) is 2.54. The van der Waals surface area contributed by atoms with E-state index in [0.29, 0.717) is 25.7 Å². The third kappa shape index (κ3) is 4.59. The molecule has 1 aliphatic heterocycles. The molecule has 8 heteroatoms. The molecule has 1 aromatic rings. The SMILES string of the molecule is CC(C)(C)OC(=O)NC1CCC2(CC1)CC(=O)c1ccc(C(F)(F)F)cc1O2. The average molecular weight is 399 g/mol. The number of ether oxygens (including phenoxy) is 2. The number of alkyl halides is 3. The van der Waals surface area contributed by atoms with Gasteiger partial charge in [-0.05, 0) is 64.7 Å². The van der Waals surface area contributed by atoms with Gasteiger partial charge in [0, 0.05) is 6.04 Å². The van der Waals surface area contributed by atoms with E-state index in [0.717, 1.165) is 12.1 Å². The summed E-state index contributed by atoms with van der Waals surface area (Å²) in [7, 11) is 0. The van der Waals surface area contributed by atoms with Crippen LogP contribution in [0.15, 0.2) is 18.2 Å². The quantitative estimate of drug-likeness (QED) is 0.731. The Labute approximate surface area is 161 Å². The van der Waals surface area contributed by atoms with Gasteiger partial charge >= 0.3 is 12.3 Å². The van der Waals surface area contributed by atoms with Crippen molar-refractivity contribution in [1.29, 1.82) is 0 Å². The van der Waals surface area contributed by atoms with E-state index in [2.05, 4.69) is 5.32 Å². The molecule has 0 unspecified atom stereocenters. The Morgan fingerprint density at radius 3 is 2.43 bits per heavy atom. The van der Waals surface area contributed by atoms with Gasteiger partial charge in [-0.1, -0.05) is 0 Å². The van der Waals surface area contributed by atoms with Crippen LogP contribution in [0.3, 0.4) is 0 Å². The predicted octanol–water partition coefficient (Wildman–Crippen LogP) is 4.88. The minimum absolute atomic E-state index is 0.00961. The maximum absolute atomic E-state index is 13.0. The standard InChI is InChI=1S/C20H24F3NO4/c1-18(2,3)28-17(26)24-13-6-8-19(9-7-13)11-15(25)14-5-4-12(20(21,22)23)10-16(14)27-19/h4-5,10,13H,6-9,11H2,1-3H3,(H,24,26). The lowest BCUT2D eigenvalue weighted by Crippen LogP contribution is -2.49. The fourth-order valence-corrected chi connectivity index (χ4v) is 3.71. The number of nitrogens with one attached hydrogen (secondary N) is 1. The summed E-state index contributed by atoms with van der Waals surface area (Å²) in [6.07, 6.45) is -2.83. The highest BCUT2D eigenvalue weighted by Crippen LogP contribution is 2.43. The first-order chi connectivity index (χ1) is 12.9. The lowest BCUT2D eigenvalue weighted by molar-refractivity contribution is -0.137. The Kier molecular flexibility index (Phi) is 5.10. The number of hydrogen-bond donors (Lipinski definition) is 1. The van der Waals surface area contributed by atoms with E-state index >= 15 is 0 Å². The zero-order valence-electron chi connectivity index (χ0n) is 16.1. The normalized spacial score (nSPS) is 25.1. The molecule has 1 fully saturated rings. The highest BCUT2D eigenvalue weighted by Gasteiger charge is 2.44. The highest BCUT2D eigenvalue weighted by atomic mass is 19.4. The van der Waals surface area contributed by atoms with E-state index in [1.165, 1.54) is 6.07 Å². The van der Waals surface area contributed by atoms with Gasteiger partial charge in [0.15, 0.2) is 5.78 Å². The van der Waals surface area contributed by atoms with Gasteiger partial charge in [-0.3, -0.25) is 4.79 Å². The minimum Gasteiger partial charge on any atom is -0.486 e. The molecule has 0 aromatic heterocycles. The van der Waals surface area contributed by atoms with Crippen molar-refractivity contribution in [1.82, 2.24) is 5.32 Å². The van der Waals surface area contributed by atoms with Crippen molar-refractivity contribution >= 4 is 11.9 Å². The van der Waals surface area contributed by atoms with Crippen LogP contribution >= 0.6 is 0 Å². The number of alkyl carbamates (subject to hydrolysis) is 1. The molecular formula is C20H24F3NO4. The monoisotopic (exact) mass is 399 g/mol. The van der Waals surface area contributed by atoms with Gasteiger partial charge in [-0.15, -0.1) is 0 Å². The summed E-state index contributed by atoms with van der Waals surface area (Å²) < 4.78 is 50.1. The van der Waals surface area contributed by atoms with Gasteiger partial charge in [0.2, 0.25) is 0 Å². The molecule has 28 heavy (non-hydrogen) atoms. The van der Waals surface area contributed by atoms with Crippen molar-refractivity contribution in [3.8, 4) is 5.75 Å². The molecule has 1 amide bonds.